The molecule has 2 aliphatic heterocycles. The fraction of sp³-hybridized carbons (Fsp3) is 0.714. The van der Waals surface area contributed by atoms with E-state index in [0.29, 0.717) is 18.5 Å². The second-order valence-electron chi connectivity index (χ2n) is 5.47. The second-order valence-corrected chi connectivity index (χ2v) is 5.47. The Labute approximate surface area is 114 Å². The molecule has 5 heteroatoms. The van der Waals surface area contributed by atoms with Crippen molar-refractivity contribution in [2.75, 3.05) is 19.6 Å². The van der Waals surface area contributed by atoms with Crippen molar-refractivity contribution >= 4 is 0 Å². The SMILES string of the molecule is NC(O)CC(F)CN1CCC(C2C=CC=CN2)CC1. The van der Waals surface area contributed by atoms with Crippen molar-refractivity contribution in [1.29, 1.82) is 0 Å². The number of alkyl halides is 1. The Kier molecular flexibility index (Phi) is 5.36. The molecule has 0 aliphatic carbocycles. The number of nitrogens with one attached hydrogen (secondary N) is 1. The Balaban J connectivity index is 1.70. The molecular weight excluding hydrogens is 245 g/mol. The van der Waals surface area contributed by atoms with Crippen molar-refractivity contribution in [2.45, 2.75) is 37.7 Å². The van der Waals surface area contributed by atoms with Gasteiger partial charge in [-0.25, -0.2) is 4.39 Å². The molecule has 3 atom stereocenters. The molecule has 0 aromatic carbocycles. The van der Waals surface area contributed by atoms with E-state index in [0.717, 1.165) is 25.9 Å². The standard InChI is InChI=1S/C14H24FN3O/c15-12(9-14(16)19)10-18-7-4-11(5-8-18)13-3-1-2-6-17-13/h1-3,6,11-14,17,19H,4-5,7-10,16H2. The molecule has 0 radical (unpaired) electrons. The quantitative estimate of drug-likeness (QED) is 0.644. The van der Waals surface area contributed by atoms with Crippen LogP contribution in [0.3, 0.4) is 0 Å². The summed E-state index contributed by atoms with van der Waals surface area (Å²) in [6.45, 7) is 2.22. The van der Waals surface area contributed by atoms with E-state index in [1.54, 1.807) is 0 Å². The number of piperidine rings is 1. The van der Waals surface area contributed by atoms with Gasteiger partial charge in [0.15, 0.2) is 0 Å². The second kappa shape index (κ2) is 7.03. The molecule has 2 heterocycles. The van der Waals surface area contributed by atoms with Gasteiger partial charge in [-0.15, -0.1) is 0 Å². The molecule has 0 aromatic heterocycles. The predicted molar refractivity (Wildman–Crippen MR) is 74.1 cm³/mol. The van der Waals surface area contributed by atoms with Crippen LogP contribution in [-0.4, -0.2) is 48.1 Å². The van der Waals surface area contributed by atoms with Crippen LogP contribution in [-0.2, 0) is 0 Å². The van der Waals surface area contributed by atoms with E-state index in [-0.39, 0.29) is 6.42 Å². The molecule has 1 fully saturated rings. The van der Waals surface area contributed by atoms with Gasteiger partial charge >= 0.3 is 0 Å². The van der Waals surface area contributed by atoms with E-state index < -0.39 is 12.4 Å². The summed E-state index contributed by atoms with van der Waals surface area (Å²) < 4.78 is 13.6. The largest absolute Gasteiger partial charge is 0.384 e. The summed E-state index contributed by atoms with van der Waals surface area (Å²) in [4.78, 5) is 2.13. The van der Waals surface area contributed by atoms with Crippen molar-refractivity contribution in [1.82, 2.24) is 10.2 Å². The molecule has 108 valence electrons. The first-order valence-electron chi connectivity index (χ1n) is 7.04. The lowest BCUT2D eigenvalue weighted by molar-refractivity contribution is 0.0906. The first-order chi connectivity index (χ1) is 9.15. The molecule has 1 saturated heterocycles. The summed E-state index contributed by atoms with van der Waals surface area (Å²) in [7, 11) is 0. The molecule has 4 N–H and O–H groups in total. The third kappa shape index (κ3) is 4.60. The van der Waals surface area contributed by atoms with Gasteiger partial charge in [0.2, 0.25) is 0 Å². The van der Waals surface area contributed by atoms with Crippen LogP contribution in [0.5, 0.6) is 0 Å². The molecule has 19 heavy (non-hydrogen) atoms. The molecule has 0 amide bonds. The number of hydrogen-bond donors (Lipinski definition) is 3. The summed E-state index contributed by atoms with van der Waals surface area (Å²) in [5.41, 5.74) is 5.19. The first kappa shape index (κ1) is 14.5. The minimum atomic E-state index is -1.05. The Morgan fingerprint density at radius 2 is 2.11 bits per heavy atom. The Morgan fingerprint density at radius 1 is 1.37 bits per heavy atom. The summed E-state index contributed by atoms with van der Waals surface area (Å²) in [5, 5.41) is 12.3. The highest BCUT2D eigenvalue weighted by Gasteiger charge is 2.26. The molecule has 0 aromatic rings. The van der Waals surface area contributed by atoms with Gasteiger partial charge in [-0.05, 0) is 44.1 Å². The fourth-order valence-corrected chi connectivity index (χ4v) is 2.87. The normalized spacial score (nSPS) is 28.1. The van der Waals surface area contributed by atoms with E-state index in [1.165, 1.54) is 0 Å². The Hall–Kier alpha value is -0.910. The van der Waals surface area contributed by atoms with Gasteiger partial charge < -0.3 is 21.1 Å². The molecule has 0 bridgehead atoms. The molecule has 0 saturated carbocycles. The van der Waals surface area contributed by atoms with Crippen molar-refractivity contribution in [2.24, 2.45) is 11.7 Å². The van der Waals surface area contributed by atoms with Crippen LogP contribution in [0.1, 0.15) is 19.3 Å². The number of allylic oxidation sites excluding steroid dienone is 2. The van der Waals surface area contributed by atoms with E-state index in [1.807, 2.05) is 12.3 Å². The molecule has 4 nitrogen and oxygen atoms in total. The summed E-state index contributed by atoms with van der Waals surface area (Å²) in [6.07, 6.45) is 8.35. The predicted octanol–water partition coefficient (Wildman–Crippen LogP) is 0.745. The highest BCUT2D eigenvalue weighted by molar-refractivity contribution is 5.13. The zero-order chi connectivity index (χ0) is 13.7. The lowest BCUT2D eigenvalue weighted by Crippen LogP contribution is -2.44. The summed E-state index contributed by atoms with van der Waals surface area (Å²) in [6, 6.07) is 0.416. The van der Waals surface area contributed by atoms with Gasteiger partial charge in [-0.2, -0.15) is 0 Å². The van der Waals surface area contributed by atoms with Crippen molar-refractivity contribution < 1.29 is 9.50 Å². The summed E-state index contributed by atoms with van der Waals surface area (Å²) in [5.74, 6) is 0.621. The molecule has 3 unspecified atom stereocenters. The maximum absolute atomic E-state index is 13.6. The Bertz CT molecular complexity index is 325. The van der Waals surface area contributed by atoms with Crippen LogP contribution in [0.25, 0.3) is 0 Å². The molecule has 2 aliphatic rings. The third-order valence-corrected chi connectivity index (χ3v) is 3.91. The summed E-state index contributed by atoms with van der Waals surface area (Å²) >= 11 is 0. The van der Waals surface area contributed by atoms with E-state index in [9.17, 15) is 4.39 Å². The minimum Gasteiger partial charge on any atom is -0.384 e. The number of aliphatic hydroxyl groups is 1. The van der Waals surface area contributed by atoms with Crippen LogP contribution < -0.4 is 11.1 Å². The fourth-order valence-electron chi connectivity index (χ4n) is 2.87. The number of aliphatic hydroxyl groups excluding tert-OH is 1. The zero-order valence-corrected chi connectivity index (χ0v) is 11.2. The number of likely N-dealkylation sites (tertiary alicyclic amines) is 1. The maximum atomic E-state index is 13.6. The van der Waals surface area contributed by atoms with Gasteiger partial charge in [0.05, 0.1) is 0 Å². The van der Waals surface area contributed by atoms with Crippen molar-refractivity contribution in [3.63, 3.8) is 0 Å². The highest BCUT2D eigenvalue weighted by atomic mass is 19.1. The zero-order valence-electron chi connectivity index (χ0n) is 11.2. The van der Waals surface area contributed by atoms with Crippen LogP contribution in [0.2, 0.25) is 0 Å². The smallest absolute Gasteiger partial charge is 0.116 e. The monoisotopic (exact) mass is 269 g/mol. The molecule has 0 spiro atoms. The van der Waals surface area contributed by atoms with Gasteiger partial charge in [-0.1, -0.05) is 12.2 Å². The first-order valence-corrected chi connectivity index (χ1v) is 7.04. The molecule has 2 rings (SSSR count). The minimum absolute atomic E-state index is 0.0254. The van der Waals surface area contributed by atoms with Crippen molar-refractivity contribution in [3.8, 4) is 0 Å². The average molecular weight is 269 g/mol. The van der Waals surface area contributed by atoms with E-state index in [4.69, 9.17) is 10.8 Å². The lowest BCUT2D eigenvalue weighted by Gasteiger charge is -2.36. The van der Waals surface area contributed by atoms with Crippen LogP contribution in [0.4, 0.5) is 4.39 Å². The number of halogens is 1. The maximum Gasteiger partial charge on any atom is 0.116 e. The number of rotatable bonds is 5. The van der Waals surface area contributed by atoms with Crippen molar-refractivity contribution in [3.05, 3.63) is 24.4 Å². The highest BCUT2D eigenvalue weighted by Crippen LogP contribution is 2.23. The van der Waals surface area contributed by atoms with Crippen LogP contribution in [0, 0.1) is 5.92 Å². The number of hydrogen-bond acceptors (Lipinski definition) is 4. The van der Waals surface area contributed by atoms with Crippen LogP contribution in [0.15, 0.2) is 24.4 Å². The Morgan fingerprint density at radius 3 is 2.68 bits per heavy atom. The van der Waals surface area contributed by atoms with Gasteiger partial charge in [-0.3, -0.25) is 0 Å². The molecular formula is C14H24FN3O. The third-order valence-electron chi connectivity index (χ3n) is 3.91. The van der Waals surface area contributed by atoms with Crippen LogP contribution >= 0.6 is 0 Å². The lowest BCUT2D eigenvalue weighted by atomic mass is 9.88. The van der Waals surface area contributed by atoms with Gasteiger partial charge in [0, 0.05) is 19.0 Å². The van der Waals surface area contributed by atoms with Gasteiger partial charge in [0.1, 0.15) is 12.4 Å². The van der Waals surface area contributed by atoms with E-state index >= 15 is 0 Å². The average Bonchev–Trinajstić information content (AvgIpc) is 2.39. The van der Waals surface area contributed by atoms with Gasteiger partial charge in [0.25, 0.3) is 0 Å². The number of nitrogens with zero attached hydrogens (tertiary/aromatic N) is 1. The number of dihydropyridines is 1. The van der Waals surface area contributed by atoms with E-state index in [2.05, 4.69) is 22.4 Å². The topological polar surface area (TPSA) is 61.5 Å². The number of nitrogens with two attached hydrogens (primary N) is 1.